The number of hydrogen-bond donors (Lipinski definition) is 0. The Bertz CT molecular complexity index is 371. The van der Waals surface area contributed by atoms with E-state index in [1.54, 1.807) is 0 Å². The fourth-order valence-corrected chi connectivity index (χ4v) is 35.4. The van der Waals surface area contributed by atoms with Crippen LogP contribution in [0.1, 0.15) is 0 Å². The van der Waals surface area contributed by atoms with E-state index in [-0.39, 0.29) is 0 Å². The number of rotatable bonds is 4. The highest BCUT2D eigenvalue weighted by molar-refractivity contribution is 6.91. The maximum absolute atomic E-state index is 6.39. The van der Waals surface area contributed by atoms with Crippen molar-refractivity contribution in [2.24, 2.45) is 0 Å². The van der Waals surface area contributed by atoms with Gasteiger partial charge in [-0.2, -0.15) is 0 Å². The van der Waals surface area contributed by atoms with Crippen molar-refractivity contribution in [1.82, 2.24) is 0 Å². The van der Waals surface area contributed by atoms with Gasteiger partial charge < -0.3 is 28.8 Å². The van der Waals surface area contributed by atoms with Crippen LogP contribution < -0.4 is 0 Å². The summed E-state index contributed by atoms with van der Waals surface area (Å²) in [6.45, 7) is 16.6. The summed E-state index contributed by atoms with van der Waals surface area (Å²) in [6.07, 6.45) is 0. The summed E-state index contributed by atoms with van der Waals surface area (Å²) < 4.78 is 42.8. The van der Waals surface area contributed by atoms with Crippen molar-refractivity contribution in [2.75, 3.05) is 0 Å². The van der Waals surface area contributed by atoms with E-state index >= 15 is 0 Å². The minimum absolute atomic E-state index is 1.16. The van der Waals surface area contributed by atoms with E-state index in [1.165, 1.54) is 0 Å². The van der Waals surface area contributed by atoms with Crippen molar-refractivity contribution in [1.29, 1.82) is 0 Å². The highest BCUT2D eigenvalue weighted by atomic mass is 28.5. The van der Waals surface area contributed by atoms with Crippen LogP contribution >= 0.6 is 0 Å². The van der Waals surface area contributed by atoms with Crippen LogP contribution in [0.3, 0.4) is 0 Å². The summed E-state index contributed by atoms with van der Waals surface area (Å²) in [5.74, 6) is 0. The van der Waals surface area contributed by atoms with E-state index in [4.69, 9.17) is 28.8 Å². The molecule has 0 saturated carbocycles. The largest absolute Gasteiger partial charge is 0.470 e. The van der Waals surface area contributed by atoms with E-state index in [0.29, 0.717) is 0 Å². The topological polar surface area (TPSA) is 64.6 Å². The zero-order valence-corrected chi connectivity index (χ0v) is 23.0. The normalized spacial score (nSPS) is 45.9. The van der Waals surface area contributed by atoms with Gasteiger partial charge in [-0.05, 0) is 44.9 Å². The van der Waals surface area contributed by atoms with Crippen LogP contribution in [0.25, 0.3) is 0 Å². The zero-order chi connectivity index (χ0) is 17.5. The van der Waals surface area contributed by atoms with Crippen LogP contribution in [-0.2, 0) is 28.8 Å². The Kier molecular flexibility index (Phi) is 6.67. The molecule has 2 rings (SSSR count). The van der Waals surface area contributed by atoms with Crippen LogP contribution in [0.4, 0.5) is 0 Å². The molecule has 0 radical (unpaired) electrons. The highest BCUT2D eigenvalue weighted by Crippen LogP contribution is 2.29. The van der Waals surface area contributed by atoms with Gasteiger partial charge in [-0.3, -0.25) is 0 Å². The van der Waals surface area contributed by atoms with Crippen LogP contribution in [0, 0.1) is 0 Å². The molecule has 2 saturated heterocycles. The maximum atomic E-state index is 6.39. The molecule has 2 heterocycles. The first-order valence-electron chi connectivity index (χ1n) is 8.17. The maximum Gasteiger partial charge on any atom is 0.470 e. The summed E-state index contributed by atoms with van der Waals surface area (Å²) >= 11 is 0. The van der Waals surface area contributed by atoms with Gasteiger partial charge in [0.15, 0.2) is 18.1 Å². The lowest BCUT2D eigenvalue weighted by atomic mass is 11.8. The van der Waals surface area contributed by atoms with Crippen molar-refractivity contribution in [3.63, 3.8) is 0 Å². The SMILES string of the molecule is C[SiH]1C[SiH](C)O[Si](C)(O[Si](C)(C)O[Si]2(C)O[SiH](C)O[SiH](C)O2)O1. The summed E-state index contributed by atoms with van der Waals surface area (Å²) in [4.78, 5) is 0. The lowest BCUT2D eigenvalue weighted by molar-refractivity contribution is 0.169. The quantitative estimate of drug-likeness (QED) is 0.595. The fraction of sp³-hybridized carbons (Fsp3) is 1.00. The van der Waals surface area contributed by atoms with E-state index in [1.807, 2.05) is 39.3 Å². The molecule has 2 aliphatic rings. The first kappa shape index (κ1) is 20.5. The number of hydrogen-bond acceptors (Lipinski definition) is 7. The van der Waals surface area contributed by atoms with Gasteiger partial charge in [0.05, 0.1) is 0 Å². The smallest absolute Gasteiger partial charge is 0.420 e. The monoisotopic (exact) mass is 446 g/mol. The summed E-state index contributed by atoms with van der Waals surface area (Å²) in [6, 6.07) is 0. The third kappa shape index (κ3) is 6.16. The Morgan fingerprint density at radius 2 is 1.17 bits per heavy atom. The summed E-state index contributed by atoms with van der Waals surface area (Å²) in [5.41, 5.74) is 1.16. The van der Waals surface area contributed by atoms with E-state index in [2.05, 4.69) is 13.1 Å². The Hall–Kier alpha value is 1.24. The van der Waals surface area contributed by atoms with Crippen LogP contribution in [0.15, 0.2) is 0 Å². The molecule has 0 aliphatic carbocycles. The Morgan fingerprint density at radius 1 is 0.783 bits per heavy atom. The molecule has 0 amide bonds. The van der Waals surface area contributed by atoms with E-state index in [0.717, 1.165) is 5.67 Å². The second-order valence-corrected chi connectivity index (χ2v) is 27.1. The average Bonchev–Trinajstić information content (AvgIpc) is 2.19. The molecule has 14 heteroatoms. The minimum Gasteiger partial charge on any atom is -0.420 e. The second kappa shape index (κ2) is 7.46. The predicted molar refractivity (Wildman–Crippen MR) is 105 cm³/mol. The standard InChI is InChI=1S/C9H30O7Si7/c1-17-9-18(2)12-22(7,11-17)15-21(5,6)16-23(8)13-19(3)10-20(4)14-23/h17-20H,9H2,1-8H3. The van der Waals surface area contributed by atoms with Crippen molar-refractivity contribution in [3.05, 3.63) is 0 Å². The lowest BCUT2D eigenvalue weighted by Gasteiger charge is -2.45. The lowest BCUT2D eigenvalue weighted by Crippen LogP contribution is -2.65. The highest BCUT2D eigenvalue weighted by Gasteiger charge is 2.53. The van der Waals surface area contributed by atoms with Gasteiger partial charge in [0, 0.05) is 13.1 Å². The molecule has 0 aromatic rings. The van der Waals surface area contributed by atoms with Crippen molar-refractivity contribution >= 4 is 62.8 Å². The molecule has 0 bridgehead atoms. The molecule has 23 heavy (non-hydrogen) atoms. The molecule has 0 aromatic carbocycles. The molecule has 2 fully saturated rings. The molecule has 0 aromatic heterocycles. The van der Waals surface area contributed by atoms with Crippen molar-refractivity contribution in [2.45, 2.75) is 58.0 Å². The predicted octanol–water partition coefficient (Wildman–Crippen LogP) is 0.916. The van der Waals surface area contributed by atoms with Gasteiger partial charge >= 0.3 is 44.7 Å². The Balaban J connectivity index is 2.03. The van der Waals surface area contributed by atoms with Crippen LogP contribution in [-0.4, -0.2) is 62.8 Å². The Morgan fingerprint density at radius 3 is 1.61 bits per heavy atom. The molecule has 7 nitrogen and oxygen atoms in total. The molecule has 4 atom stereocenters. The third-order valence-corrected chi connectivity index (χ3v) is 31.5. The first-order valence-corrected chi connectivity index (χ1v) is 24.5. The zero-order valence-electron chi connectivity index (χ0n) is 15.4. The van der Waals surface area contributed by atoms with Crippen molar-refractivity contribution in [3.8, 4) is 0 Å². The van der Waals surface area contributed by atoms with Crippen LogP contribution in [0.2, 0.25) is 58.0 Å². The van der Waals surface area contributed by atoms with Gasteiger partial charge in [0.1, 0.15) is 0 Å². The van der Waals surface area contributed by atoms with Gasteiger partial charge in [-0.25, -0.2) is 0 Å². The van der Waals surface area contributed by atoms with Gasteiger partial charge in [-0.15, -0.1) is 0 Å². The summed E-state index contributed by atoms with van der Waals surface area (Å²) in [5, 5.41) is 0. The van der Waals surface area contributed by atoms with Gasteiger partial charge in [0.2, 0.25) is 0 Å². The molecular weight excluding hydrogens is 417 g/mol. The molecule has 0 N–H and O–H groups in total. The molecule has 0 spiro atoms. The van der Waals surface area contributed by atoms with E-state index < -0.39 is 62.8 Å². The molecular formula is C9H30O7Si7. The second-order valence-electron chi connectivity index (χ2n) is 6.93. The van der Waals surface area contributed by atoms with Gasteiger partial charge in [-0.1, -0.05) is 0 Å². The summed E-state index contributed by atoms with van der Waals surface area (Å²) in [7, 11) is -13.4. The third-order valence-electron chi connectivity index (χ3n) is 3.50. The minimum atomic E-state index is -2.68. The van der Waals surface area contributed by atoms with Crippen molar-refractivity contribution < 1.29 is 28.8 Å². The first-order chi connectivity index (χ1) is 10.4. The van der Waals surface area contributed by atoms with Gasteiger partial charge in [0.25, 0.3) is 0 Å². The van der Waals surface area contributed by atoms with E-state index in [9.17, 15) is 0 Å². The molecule has 136 valence electrons. The van der Waals surface area contributed by atoms with Crippen LogP contribution in [0.5, 0.6) is 0 Å². The molecule has 4 unspecified atom stereocenters. The molecule has 2 aliphatic heterocycles. The Labute approximate surface area is 149 Å². The fourth-order valence-electron chi connectivity index (χ4n) is 3.29. The average molecular weight is 447 g/mol.